The first kappa shape index (κ1) is 29.8. The average molecular weight is 590 g/mol. The molecule has 0 radical (unpaired) electrons. The van der Waals surface area contributed by atoms with E-state index in [9.17, 15) is 8.42 Å². The third-order valence-corrected chi connectivity index (χ3v) is 10.7. The van der Waals surface area contributed by atoms with Crippen LogP contribution in [0.2, 0.25) is 24.2 Å². The van der Waals surface area contributed by atoms with Crippen LogP contribution in [0.25, 0.3) is 10.9 Å². The molecule has 1 aliphatic rings. The molecular formula is C29H40ClN3O4SSi. The number of ether oxygens (including phenoxy) is 1. The molecule has 0 atom stereocenters. The minimum Gasteiger partial charge on any atom is -0.487 e. The molecule has 10 heteroatoms. The van der Waals surface area contributed by atoms with Crippen molar-refractivity contribution >= 4 is 52.3 Å². The van der Waals surface area contributed by atoms with Crippen LogP contribution in [-0.2, 0) is 20.0 Å². The van der Waals surface area contributed by atoms with Crippen LogP contribution in [0.5, 0.6) is 5.75 Å². The summed E-state index contributed by atoms with van der Waals surface area (Å²) in [5, 5.41) is 4.53. The lowest BCUT2D eigenvalue weighted by Gasteiger charge is -2.37. The maximum atomic E-state index is 11.7. The van der Waals surface area contributed by atoms with Crippen LogP contribution in [0, 0.1) is 5.41 Å². The van der Waals surface area contributed by atoms with Gasteiger partial charge in [0, 0.05) is 29.6 Å². The Bertz CT molecular complexity index is 1420. The lowest BCUT2D eigenvalue weighted by atomic mass is 9.95. The normalized spacial score (nSPS) is 18.7. The lowest BCUT2D eigenvalue weighted by Crippen LogP contribution is -2.41. The Morgan fingerprint density at radius 1 is 1.08 bits per heavy atom. The predicted octanol–water partition coefficient (Wildman–Crippen LogP) is 7.53. The molecule has 1 heterocycles. The molecule has 0 saturated heterocycles. The summed E-state index contributed by atoms with van der Waals surface area (Å²) in [6.45, 7) is 11.5. The van der Waals surface area contributed by atoms with Gasteiger partial charge in [-0.1, -0.05) is 44.5 Å². The van der Waals surface area contributed by atoms with Crippen LogP contribution in [-0.4, -0.2) is 45.2 Å². The van der Waals surface area contributed by atoms with Crippen molar-refractivity contribution in [1.82, 2.24) is 9.97 Å². The van der Waals surface area contributed by atoms with Crippen LogP contribution >= 0.6 is 11.6 Å². The third kappa shape index (κ3) is 8.90. The van der Waals surface area contributed by atoms with Crippen molar-refractivity contribution in [2.75, 3.05) is 11.6 Å². The maximum Gasteiger partial charge on any atom is 0.227 e. The Labute approximate surface area is 238 Å². The van der Waals surface area contributed by atoms with Gasteiger partial charge in [-0.2, -0.15) is 0 Å². The molecule has 4 rings (SSSR count). The molecule has 1 N–H and O–H groups in total. The van der Waals surface area contributed by atoms with E-state index in [2.05, 4.69) is 44.2 Å². The van der Waals surface area contributed by atoms with E-state index in [1.165, 1.54) is 6.26 Å². The number of hydrogen-bond donors (Lipinski definition) is 1. The molecule has 7 nitrogen and oxygen atoms in total. The highest BCUT2D eigenvalue weighted by atomic mass is 35.5. The van der Waals surface area contributed by atoms with E-state index in [1.54, 1.807) is 18.3 Å². The molecule has 0 aliphatic heterocycles. The van der Waals surface area contributed by atoms with Gasteiger partial charge in [0.25, 0.3) is 0 Å². The van der Waals surface area contributed by atoms with Crippen molar-refractivity contribution in [3.63, 3.8) is 0 Å². The van der Waals surface area contributed by atoms with Gasteiger partial charge in [-0.3, -0.25) is 0 Å². The van der Waals surface area contributed by atoms with E-state index in [0.717, 1.165) is 37.1 Å². The first-order chi connectivity index (χ1) is 18.2. The van der Waals surface area contributed by atoms with Gasteiger partial charge in [0.1, 0.15) is 5.52 Å². The topological polar surface area (TPSA) is 90.4 Å². The summed E-state index contributed by atoms with van der Waals surface area (Å²) >= 11 is 6.61. The minimum absolute atomic E-state index is 0.0295. The molecule has 1 aromatic heterocycles. The van der Waals surface area contributed by atoms with E-state index in [4.69, 9.17) is 25.7 Å². The molecular weight excluding hydrogens is 550 g/mol. The number of hydrogen-bond acceptors (Lipinski definition) is 7. The van der Waals surface area contributed by atoms with Gasteiger partial charge < -0.3 is 14.5 Å². The van der Waals surface area contributed by atoms with E-state index in [1.807, 2.05) is 24.3 Å². The molecule has 212 valence electrons. The van der Waals surface area contributed by atoms with Gasteiger partial charge in [-0.15, -0.1) is 0 Å². The zero-order valence-corrected chi connectivity index (χ0v) is 26.3. The summed E-state index contributed by atoms with van der Waals surface area (Å²) in [7, 11) is -4.87. The molecule has 39 heavy (non-hydrogen) atoms. The van der Waals surface area contributed by atoms with Crippen molar-refractivity contribution in [2.45, 2.75) is 83.6 Å². The summed E-state index contributed by atoms with van der Waals surface area (Å²) in [5.74, 6) is 0.921. The molecule has 1 fully saturated rings. The molecule has 2 aromatic carbocycles. The monoisotopic (exact) mass is 589 g/mol. The van der Waals surface area contributed by atoms with Crippen LogP contribution in [0.15, 0.2) is 42.6 Å². The predicted molar refractivity (Wildman–Crippen MR) is 162 cm³/mol. The van der Waals surface area contributed by atoms with Crippen LogP contribution in [0.1, 0.15) is 52.0 Å². The van der Waals surface area contributed by atoms with E-state index < -0.39 is 18.2 Å². The Hall–Kier alpha value is -2.20. The SMILES string of the molecule is CC(C)(C)C[Si](C)(C)OC1CCC(Oc2c(Cl)ccc3cnc(Nc4cccc(CS(C)(=O)=O)c4)nc23)CC1. The number of nitrogens with one attached hydrogen (secondary N) is 1. The molecule has 0 amide bonds. The van der Waals surface area contributed by atoms with E-state index in [-0.39, 0.29) is 23.4 Å². The third-order valence-electron chi connectivity index (χ3n) is 6.62. The Morgan fingerprint density at radius 2 is 1.77 bits per heavy atom. The molecule has 0 unspecified atom stereocenters. The molecule has 0 bridgehead atoms. The number of rotatable bonds is 9. The Morgan fingerprint density at radius 3 is 2.44 bits per heavy atom. The van der Waals surface area contributed by atoms with Crippen molar-refractivity contribution in [1.29, 1.82) is 0 Å². The lowest BCUT2D eigenvalue weighted by molar-refractivity contribution is 0.0752. The number of sulfone groups is 1. The van der Waals surface area contributed by atoms with Crippen molar-refractivity contribution in [3.05, 3.63) is 53.2 Å². The minimum atomic E-state index is -3.14. The number of fused-ring (bicyclic) bond motifs is 1. The Kier molecular flexibility index (Phi) is 8.95. The first-order valence-corrected chi connectivity index (χ1v) is 19.0. The first-order valence-electron chi connectivity index (χ1n) is 13.5. The fourth-order valence-corrected chi connectivity index (χ4v) is 10.4. The fourth-order valence-electron chi connectivity index (χ4n) is 5.59. The van der Waals surface area contributed by atoms with Gasteiger partial charge in [0.05, 0.1) is 16.9 Å². The van der Waals surface area contributed by atoms with Gasteiger partial charge in [-0.25, -0.2) is 18.4 Å². The van der Waals surface area contributed by atoms with E-state index >= 15 is 0 Å². The zero-order chi connectivity index (χ0) is 28.4. The largest absolute Gasteiger partial charge is 0.487 e. The molecule has 1 saturated carbocycles. The van der Waals surface area contributed by atoms with Gasteiger partial charge >= 0.3 is 0 Å². The quantitative estimate of drug-likeness (QED) is 0.258. The van der Waals surface area contributed by atoms with Gasteiger partial charge in [0.15, 0.2) is 23.9 Å². The summed E-state index contributed by atoms with van der Waals surface area (Å²) in [5.41, 5.74) is 2.32. The summed E-state index contributed by atoms with van der Waals surface area (Å²) < 4.78 is 36.5. The molecule has 1 aliphatic carbocycles. The molecule has 3 aromatic rings. The highest BCUT2D eigenvalue weighted by Gasteiger charge is 2.34. The van der Waals surface area contributed by atoms with Crippen LogP contribution in [0.4, 0.5) is 11.6 Å². The van der Waals surface area contributed by atoms with Gasteiger partial charge in [-0.05, 0) is 80.1 Å². The summed E-state index contributed by atoms with van der Waals surface area (Å²) in [6, 6.07) is 12.1. The van der Waals surface area contributed by atoms with Crippen molar-refractivity contribution in [2.24, 2.45) is 5.41 Å². The van der Waals surface area contributed by atoms with Crippen molar-refractivity contribution < 1.29 is 17.6 Å². The number of anilines is 2. The zero-order valence-electron chi connectivity index (χ0n) is 23.8. The van der Waals surface area contributed by atoms with Crippen LogP contribution < -0.4 is 10.1 Å². The highest BCUT2D eigenvalue weighted by Crippen LogP contribution is 2.37. The number of halogens is 1. The second-order valence-electron chi connectivity index (χ2n) is 12.5. The smallest absolute Gasteiger partial charge is 0.227 e. The number of aromatic nitrogens is 2. The summed E-state index contributed by atoms with van der Waals surface area (Å²) in [6.07, 6.45) is 7.04. The second-order valence-corrected chi connectivity index (χ2v) is 19.2. The maximum absolute atomic E-state index is 11.7. The number of benzene rings is 2. The Balaban J connectivity index is 1.46. The van der Waals surface area contributed by atoms with Gasteiger partial charge in [0.2, 0.25) is 5.95 Å². The van der Waals surface area contributed by atoms with E-state index in [0.29, 0.717) is 33.5 Å². The second kappa shape index (κ2) is 11.7. The average Bonchev–Trinajstić information content (AvgIpc) is 2.79. The van der Waals surface area contributed by atoms with Crippen LogP contribution in [0.3, 0.4) is 0 Å². The summed E-state index contributed by atoms with van der Waals surface area (Å²) in [4.78, 5) is 9.17. The fraction of sp³-hybridized carbons (Fsp3) is 0.517. The standard InChI is InChI=1S/C29H40ClN3O4SSi/c1-29(2,3)19-39(5,6)37-24-13-11-23(12-14-24)36-27-25(30)15-10-21-17-31-28(33-26(21)27)32-22-9-7-8-20(16-22)18-38(4,34)35/h7-10,15-17,23-24H,11-14,18-19H2,1-6H3,(H,31,32,33). The highest BCUT2D eigenvalue weighted by molar-refractivity contribution is 7.89. The molecule has 0 spiro atoms. The number of nitrogens with zero attached hydrogens (tertiary/aromatic N) is 2. The van der Waals surface area contributed by atoms with Crippen molar-refractivity contribution in [3.8, 4) is 5.75 Å².